The second kappa shape index (κ2) is 18.8. The molecule has 1 aromatic heterocycles. The SMILES string of the molecule is COCCNC(=O)Cc1ccc(Oc2nc(Nc3ccc(OCCCN4CCCCC4)c(F)c3)ncc2C(=O)Nc2c(C)cccc2C)c(OC)c1. The van der Waals surface area contributed by atoms with E-state index in [9.17, 15) is 9.59 Å². The molecule has 3 N–H and O–H groups in total. The standard InChI is InChI=1S/C39H47FN6O6/c1-26-10-8-11-27(2)36(26)44-37(48)30-25-42-39(43-29-13-15-32(31(40)24-29)51-20-9-19-46-17-6-5-7-18-46)45-38(30)52-33-14-12-28(22-34(33)50-4)23-35(47)41-16-21-49-3/h8,10-15,22,24-25H,5-7,9,16-21,23H2,1-4H3,(H,41,47)(H,44,48)(H,42,43,45). The van der Waals surface area contributed by atoms with Gasteiger partial charge in [-0.2, -0.15) is 4.98 Å². The Morgan fingerprint density at radius 2 is 1.69 bits per heavy atom. The second-order valence-electron chi connectivity index (χ2n) is 12.6. The second-order valence-corrected chi connectivity index (χ2v) is 12.6. The third kappa shape index (κ3) is 10.6. The lowest BCUT2D eigenvalue weighted by molar-refractivity contribution is -0.120. The molecule has 2 amide bonds. The van der Waals surface area contributed by atoms with Gasteiger partial charge in [0.25, 0.3) is 5.91 Å². The van der Waals surface area contributed by atoms with Crippen molar-refractivity contribution in [2.45, 2.75) is 46.0 Å². The highest BCUT2D eigenvalue weighted by Gasteiger charge is 2.21. The van der Waals surface area contributed by atoms with E-state index < -0.39 is 11.7 Å². The van der Waals surface area contributed by atoms with E-state index in [4.69, 9.17) is 18.9 Å². The van der Waals surface area contributed by atoms with Crippen molar-refractivity contribution in [1.29, 1.82) is 0 Å². The van der Waals surface area contributed by atoms with Gasteiger partial charge < -0.3 is 39.8 Å². The quantitative estimate of drug-likeness (QED) is 0.103. The number of aromatic nitrogens is 2. The first-order chi connectivity index (χ1) is 25.2. The zero-order valence-corrected chi connectivity index (χ0v) is 30.2. The van der Waals surface area contributed by atoms with E-state index in [1.165, 1.54) is 38.6 Å². The molecule has 1 saturated heterocycles. The van der Waals surface area contributed by atoms with Gasteiger partial charge in [-0.1, -0.05) is 30.7 Å². The highest BCUT2D eigenvalue weighted by molar-refractivity contribution is 6.06. The van der Waals surface area contributed by atoms with Gasteiger partial charge in [0.1, 0.15) is 5.56 Å². The molecule has 0 radical (unpaired) electrons. The summed E-state index contributed by atoms with van der Waals surface area (Å²) >= 11 is 0. The summed E-state index contributed by atoms with van der Waals surface area (Å²) in [5, 5.41) is 8.75. The van der Waals surface area contributed by atoms with E-state index in [0.717, 1.165) is 37.2 Å². The van der Waals surface area contributed by atoms with Gasteiger partial charge in [0, 0.05) is 43.8 Å². The average Bonchev–Trinajstić information content (AvgIpc) is 3.13. The van der Waals surface area contributed by atoms with Gasteiger partial charge in [-0.05, 0) is 87.2 Å². The number of ether oxygens (including phenoxy) is 4. The van der Waals surface area contributed by atoms with Gasteiger partial charge >= 0.3 is 0 Å². The van der Waals surface area contributed by atoms with E-state index in [0.29, 0.717) is 42.4 Å². The highest BCUT2D eigenvalue weighted by Crippen LogP contribution is 2.34. The summed E-state index contributed by atoms with van der Waals surface area (Å²) in [6.45, 7) is 8.18. The third-order valence-corrected chi connectivity index (χ3v) is 8.66. The molecule has 1 aliphatic rings. The Labute approximate surface area is 304 Å². The lowest BCUT2D eigenvalue weighted by atomic mass is 10.1. The van der Waals surface area contributed by atoms with Crippen molar-refractivity contribution in [3.8, 4) is 23.1 Å². The molecular weight excluding hydrogens is 667 g/mol. The molecule has 0 aliphatic carbocycles. The summed E-state index contributed by atoms with van der Waals surface area (Å²) in [6, 6.07) is 15.3. The maximum atomic E-state index is 15.1. The number of methoxy groups -OCH3 is 2. The fourth-order valence-electron chi connectivity index (χ4n) is 5.88. The van der Waals surface area contributed by atoms with Crippen LogP contribution in [0.4, 0.5) is 21.7 Å². The summed E-state index contributed by atoms with van der Waals surface area (Å²) in [4.78, 5) is 37.4. The molecule has 12 nitrogen and oxygen atoms in total. The van der Waals surface area contributed by atoms with Crippen LogP contribution >= 0.6 is 0 Å². The number of amides is 2. The maximum absolute atomic E-state index is 15.1. The summed E-state index contributed by atoms with van der Waals surface area (Å²) in [5.41, 5.74) is 3.55. The number of nitrogens with zero attached hydrogens (tertiary/aromatic N) is 3. The normalized spacial score (nSPS) is 12.9. The van der Waals surface area contributed by atoms with E-state index in [-0.39, 0.29) is 41.2 Å². The number of hydrogen-bond acceptors (Lipinski definition) is 10. The number of anilines is 3. The van der Waals surface area contributed by atoms with Gasteiger partial charge in [0.15, 0.2) is 23.1 Å². The minimum absolute atomic E-state index is 0.0522. The Morgan fingerprint density at radius 1 is 0.923 bits per heavy atom. The molecule has 3 aromatic carbocycles. The number of carbonyl (C=O) groups is 2. The molecule has 0 spiro atoms. The third-order valence-electron chi connectivity index (χ3n) is 8.66. The van der Waals surface area contributed by atoms with Crippen LogP contribution in [0, 0.1) is 19.7 Å². The van der Waals surface area contributed by atoms with E-state index in [1.807, 2.05) is 32.0 Å². The van der Waals surface area contributed by atoms with Crippen molar-refractivity contribution in [3.63, 3.8) is 0 Å². The van der Waals surface area contributed by atoms with Crippen LogP contribution in [0.15, 0.2) is 60.8 Å². The predicted octanol–water partition coefficient (Wildman–Crippen LogP) is 6.59. The molecule has 0 unspecified atom stereocenters. The van der Waals surface area contributed by atoms with Crippen LogP contribution in [0.25, 0.3) is 0 Å². The topological polar surface area (TPSA) is 136 Å². The van der Waals surface area contributed by atoms with Gasteiger partial charge in [0.05, 0.1) is 26.7 Å². The van der Waals surface area contributed by atoms with Crippen LogP contribution in [0.3, 0.4) is 0 Å². The highest BCUT2D eigenvalue weighted by atomic mass is 19.1. The Bertz CT molecular complexity index is 1810. The first kappa shape index (κ1) is 38.0. The first-order valence-electron chi connectivity index (χ1n) is 17.5. The summed E-state index contributed by atoms with van der Waals surface area (Å²) in [6.07, 6.45) is 6.01. The van der Waals surface area contributed by atoms with Crippen molar-refractivity contribution in [1.82, 2.24) is 20.2 Å². The molecular formula is C39H47FN6O6. The molecule has 0 saturated carbocycles. The monoisotopic (exact) mass is 714 g/mol. The number of likely N-dealkylation sites (tertiary alicyclic amines) is 1. The summed E-state index contributed by atoms with van der Waals surface area (Å²) < 4.78 is 37.6. The molecule has 52 heavy (non-hydrogen) atoms. The first-order valence-corrected chi connectivity index (χ1v) is 17.5. The molecule has 4 aromatic rings. The zero-order valence-electron chi connectivity index (χ0n) is 30.2. The Balaban J connectivity index is 1.34. The molecule has 13 heteroatoms. The lowest BCUT2D eigenvalue weighted by Crippen LogP contribution is -2.31. The van der Waals surface area contributed by atoms with Gasteiger partial charge in [-0.25, -0.2) is 9.37 Å². The predicted molar refractivity (Wildman–Crippen MR) is 198 cm³/mol. The van der Waals surface area contributed by atoms with Crippen molar-refractivity contribution in [2.24, 2.45) is 0 Å². The van der Waals surface area contributed by atoms with Crippen LogP contribution in [0.5, 0.6) is 23.1 Å². The minimum atomic E-state index is -0.527. The van der Waals surface area contributed by atoms with Crippen molar-refractivity contribution >= 4 is 29.1 Å². The molecule has 276 valence electrons. The van der Waals surface area contributed by atoms with Crippen LogP contribution < -0.4 is 30.2 Å². The van der Waals surface area contributed by atoms with Crippen molar-refractivity contribution < 1.29 is 32.9 Å². The van der Waals surface area contributed by atoms with E-state index >= 15 is 4.39 Å². The Kier molecular flexibility index (Phi) is 13.7. The minimum Gasteiger partial charge on any atom is -0.493 e. The Morgan fingerprint density at radius 3 is 2.42 bits per heavy atom. The largest absolute Gasteiger partial charge is 0.493 e. The number of nitrogens with one attached hydrogen (secondary N) is 3. The average molecular weight is 715 g/mol. The molecule has 0 bridgehead atoms. The van der Waals surface area contributed by atoms with Gasteiger partial charge in [-0.15, -0.1) is 0 Å². The summed E-state index contributed by atoms with van der Waals surface area (Å²) in [7, 11) is 3.04. The number of halogens is 1. The Hall–Kier alpha value is -5.27. The zero-order chi connectivity index (χ0) is 36.9. The maximum Gasteiger partial charge on any atom is 0.262 e. The number of benzene rings is 3. The van der Waals surface area contributed by atoms with Gasteiger partial charge in [0.2, 0.25) is 17.7 Å². The van der Waals surface area contributed by atoms with E-state index in [2.05, 4.69) is 30.8 Å². The number of hydrogen-bond donors (Lipinski definition) is 3. The number of para-hydroxylation sites is 1. The molecule has 1 fully saturated rings. The van der Waals surface area contributed by atoms with Crippen LogP contribution in [0.1, 0.15) is 52.7 Å². The number of aryl methyl sites for hydroxylation is 2. The number of piperidine rings is 1. The van der Waals surface area contributed by atoms with Crippen molar-refractivity contribution in [2.75, 3.05) is 64.2 Å². The van der Waals surface area contributed by atoms with Crippen LogP contribution in [-0.4, -0.2) is 80.3 Å². The smallest absolute Gasteiger partial charge is 0.262 e. The van der Waals surface area contributed by atoms with Gasteiger partial charge in [-0.3, -0.25) is 9.59 Å². The fourth-order valence-corrected chi connectivity index (χ4v) is 5.88. The molecule has 5 rings (SSSR count). The van der Waals surface area contributed by atoms with Crippen LogP contribution in [0.2, 0.25) is 0 Å². The van der Waals surface area contributed by atoms with Crippen LogP contribution in [-0.2, 0) is 16.0 Å². The lowest BCUT2D eigenvalue weighted by Gasteiger charge is -2.26. The number of rotatable bonds is 17. The summed E-state index contributed by atoms with van der Waals surface area (Å²) in [5.74, 6) is -0.453. The number of carbonyl (C=O) groups excluding carboxylic acids is 2. The molecule has 1 aliphatic heterocycles. The molecule has 2 heterocycles. The fraction of sp³-hybridized carbons (Fsp3) is 0.385. The molecule has 0 atom stereocenters. The van der Waals surface area contributed by atoms with Crippen molar-refractivity contribution in [3.05, 3.63) is 88.9 Å². The van der Waals surface area contributed by atoms with E-state index in [1.54, 1.807) is 37.4 Å².